The zero-order chi connectivity index (χ0) is 12.3. The van der Waals surface area contributed by atoms with Gasteiger partial charge in [0.2, 0.25) is 0 Å². The summed E-state index contributed by atoms with van der Waals surface area (Å²) in [5.41, 5.74) is 5.95. The molecular weight excluding hydrogens is 219 g/mol. The molecule has 1 rings (SSSR count). The summed E-state index contributed by atoms with van der Waals surface area (Å²) in [7, 11) is 1.33. The first-order chi connectivity index (χ1) is 7.40. The van der Waals surface area contributed by atoms with E-state index < -0.39 is 12.2 Å². The lowest BCUT2D eigenvalue weighted by Gasteiger charge is -2.19. The number of aryl methyl sites for hydroxylation is 1. The molecule has 0 bridgehead atoms. The van der Waals surface area contributed by atoms with Crippen molar-refractivity contribution >= 4 is 0 Å². The van der Waals surface area contributed by atoms with Crippen LogP contribution in [-0.2, 0) is 6.42 Å². The lowest BCUT2D eigenvalue weighted by Crippen LogP contribution is -2.28. The fraction of sp³-hybridized carbons (Fsp3) is 0.455. The zero-order valence-electron chi connectivity index (χ0n) is 9.14. The SMILES string of the molecule is CCc1ccc(OC)c(C(N)C(F)(F)F)c1. The van der Waals surface area contributed by atoms with E-state index in [4.69, 9.17) is 10.5 Å². The summed E-state index contributed by atoms with van der Waals surface area (Å²) >= 11 is 0. The van der Waals surface area contributed by atoms with Crippen LogP contribution in [0.3, 0.4) is 0 Å². The normalized spacial score (nSPS) is 13.6. The summed E-state index contributed by atoms with van der Waals surface area (Å²) in [6, 6.07) is 2.68. The van der Waals surface area contributed by atoms with Gasteiger partial charge in [0.15, 0.2) is 0 Å². The van der Waals surface area contributed by atoms with Crippen molar-refractivity contribution in [2.24, 2.45) is 5.73 Å². The van der Waals surface area contributed by atoms with Crippen LogP contribution in [0.15, 0.2) is 18.2 Å². The molecule has 0 amide bonds. The number of halogens is 3. The summed E-state index contributed by atoms with van der Waals surface area (Å²) in [5, 5.41) is 0. The Labute approximate surface area is 92.2 Å². The molecule has 1 aromatic rings. The highest BCUT2D eigenvalue weighted by molar-refractivity contribution is 5.40. The Hall–Kier alpha value is -1.23. The summed E-state index contributed by atoms with van der Waals surface area (Å²) in [4.78, 5) is 0. The smallest absolute Gasteiger partial charge is 0.407 e. The maximum absolute atomic E-state index is 12.5. The van der Waals surface area contributed by atoms with Crippen LogP contribution in [0.2, 0.25) is 0 Å². The van der Waals surface area contributed by atoms with Gasteiger partial charge in [-0.15, -0.1) is 0 Å². The van der Waals surface area contributed by atoms with E-state index in [2.05, 4.69) is 0 Å². The Balaban J connectivity index is 3.18. The van der Waals surface area contributed by atoms with Gasteiger partial charge in [-0.1, -0.05) is 19.1 Å². The van der Waals surface area contributed by atoms with E-state index in [0.717, 1.165) is 5.56 Å². The third-order valence-corrected chi connectivity index (χ3v) is 2.39. The summed E-state index contributed by atoms with van der Waals surface area (Å²) in [5.74, 6) is 0.169. The van der Waals surface area contributed by atoms with Gasteiger partial charge in [-0.25, -0.2) is 0 Å². The largest absolute Gasteiger partial charge is 0.496 e. The number of hydrogen-bond acceptors (Lipinski definition) is 2. The predicted octanol–water partition coefficient (Wildman–Crippen LogP) is 2.82. The highest BCUT2D eigenvalue weighted by atomic mass is 19.4. The van der Waals surface area contributed by atoms with Crippen LogP contribution in [0.1, 0.15) is 24.1 Å². The molecule has 0 aromatic heterocycles. The van der Waals surface area contributed by atoms with Crippen LogP contribution < -0.4 is 10.5 Å². The van der Waals surface area contributed by atoms with Gasteiger partial charge in [0.1, 0.15) is 11.8 Å². The highest BCUT2D eigenvalue weighted by Crippen LogP contribution is 2.35. The van der Waals surface area contributed by atoms with Gasteiger partial charge in [-0.05, 0) is 18.1 Å². The molecule has 16 heavy (non-hydrogen) atoms. The monoisotopic (exact) mass is 233 g/mol. The molecule has 0 aliphatic rings. The third-order valence-electron chi connectivity index (χ3n) is 2.39. The number of benzene rings is 1. The van der Waals surface area contributed by atoms with E-state index in [1.807, 2.05) is 6.92 Å². The van der Waals surface area contributed by atoms with Gasteiger partial charge in [0.25, 0.3) is 0 Å². The average Bonchev–Trinajstić information content (AvgIpc) is 2.25. The molecule has 0 saturated carbocycles. The van der Waals surface area contributed by atoms with Crippen LogP contribution >= 0.6 is 0 Å². The van der Waals surface area contributed by atoms with Gasteiger partial charge < -0.3 is 10.5 Å². The minimum absolute atomic E-state index is 0.0191. The lowest BCUT2D eigenvalue weighted by atomic mass is 10.0. The minimum Gasteiger partial charge on any atom is -0.496 e. The fourth-order valence-corrected chi connectivity index (χ4v) is 1.42. The quantitative estimate of drug-likeness (QED) is 0.871. The second-order valence-electron chi connectivity index (χ2n) is 3.45. The molecule has 2 N–H and O–H groups in total. The van der Waals surface area contributed by atoms with E-state index in [9.17, 15) is 13.2 Å². The van der Waals surface area contributed by atoms with Crippen LogP contribution in [0, 0.1) is 0 Å². The van der Waals surface area contributed by atoms with Crippen molar-refractivity contribution in [1.29, 1.82) is 0 Å². The zero-order valence-corrected chi connectivity index (χ0v) is 9.14. The Morgan fingerprint density at radius 3 is 2.44 bits per heavy atom. The van der Waals surface area contributed by atoms with Gasteiger partial charge in [0, 0.05) is 5.56 Å². The number of alkyl halides is 3. The second-order valence-corrected chi connectivity index (χ2v) is 3.45. The van der Waals surface area contributed by atoms with Crippen LogP contribution in [-0.4, -0.2) is 13.3 Å². The molecule has 0 spiro atoms. The Morgan fingerprint density at radius 1 is 1.38 bits per heavy atom. The molecule has 0 saturated heterocycles. The maximum Gasteiger partial charge on any atom is 0.407 e. The standard InChI is InChI=1S/C11H14F3NO/c1-3-7-4-5-9(16-2)8(6-7)10(15)11(12,13)14/h4-6,10H,3,15H2,1-2H3. The Bertz CT molecular complexity index is 363. The van der Waals surface area contributed by atoms with Crippen molar-refractivity contribution < 1.29 is 17.9 Å². The van der Waals surface area contributed by atoms with Gasteiger partial charge >= 0.3 is 6.18 Å². The minimum atomic E-state index is -4.46. The lowest BCUT2D eigenvalue weighted by molar-refractivity contribution is -0.149. The molecule has 0 heterocycles. The summed E-state index contributed by atoms with van der Waals surface area (Å²) < 4.78 is 42.4. The van der Waals surface area contributed by atoms with E-state index in [1.54, 1.807) is 6.07 Å². The van der Waals surface area contributed by atoms with Gasteiger partial charge in [-0.2, -0.15) is 13.2 Å². The molecule has 5 heteroatoms. The molecule has 0 aliphatic carbocycles. The molecule has 0 radical (unpaired) electrons. The van der Waals surface area contributed by atoms with E-state index >= 15 is 0 Å². The van der Waals surface area contributed by atoms with Crippen LogP contribution in [0.4, 0.5) is 13.2 Å². The number of rotatable bonds is 3. The van der Waals surface area contributed by atoms with Gasteiger partial charge in [-0.3, -0.25) is 0 Å². The third kappa shape index (κ3) is 2.66. The van der Waals surface area contributed by atoms with Crippen LogP contribution in [0.5, 0.6) is 5.75 Å². The molecule has 0 aliphatic heterocycles. The predicted molar refractivity (Wildman–Crippen MR) is 55.4 cm³/mol. The first kappa shape index (κ1) is 12.8. The van der Waals surface area contributed by atoms with Gasteiger partial charge in [0.05, 0.1) is 7.11 Å². The number of nitrogens with two attached hydrogens (primary N) is 1. The maximum atomic E-state index is 12.5. The summed E-state index contributed by atoms with van der Waals surface area (Å²) in [6.45, 7) is 1.87. The highest BCUT2D eigenvalue weighted by Gasteiger charge is 2.39. The van der Waals surface area contributed by atoms with Crippen molar-refractivity contribution in [1.82, 2.24) is 0 Å². The first-order valence-corrected chi connectivity index (χ1v) is 4.89. The Morgan fingerprint density at radius 2 is 2.00 bits per heavy atom. The molecular formula is C11H14F3NO. The van der Waals surface area contributed by atoms with E-state index in [1.165, 1.54) is 19.2 Å². The van der Waals surface area contributed by atoms with Crippen molar-refractivity contribution in [2.45, 2.75) is 25.6 Å². The van der Waals surface area contributed by atoms with Crippen molar-refractivity contribution in [3.8, 4) is 5.75 Å². The van der Waals surface area contributed by atoms with Crippen LogP contribution in [0.25, 0.3) is 0 Å². The van der Waals surface area contributed by atoms with Crippen molar-refractivity contribution in [2.75, 3.05) is 7.11 Å². The topological polar surface area (TPSA) is 35.2 Å². The number of hydrogen-bond donors (Lipinski definition) is 1. The second kappa shape index (κ2) is 4.74. The first-order valence-electron chi connectivity index (χ1n) is 4.89. The fourth-order valence-electron chi connectivity index (χ4n) is 1.42. The van der Waals surface area contributed by atoms with E-state index in [0.29, 0.717) is 6.42 Å². The molecule has 1 unspecified atom stereocenters. The van der Waals surface area contributed by atoms with E-state index in [-0.39, 0.29) is 11.3 Å². The molecule has 2 nitrogen and oxygen atoms in total. The average molecular weight is 233 g/mol. The van der Waals surface area contributed by atoms with Crippen molar-refractivity contribution in [3.05, 3.63) is 29.3 Å². The molecule has 0 fully saturated rings. The molecule has 1 atom stereocenters. The molecule has 90 valence electrons. The summed E-state index contributed by atoms with van der Waals surface area (Å²) in [6.07, 6.45) is -3.80. The van der Waals surface area contributed by atoms with Crippen molar-refractivity contribution in [3.63, 3.8) is 0 Å². The Kier molecular flexibility index (Phi) is 3.80. The number of methoxy groups -OCH3 is 1. The number of ether oxygens (including phenoxy) is 1. The molecule has 1 aromatic carbocycles.